The molecule has 1 unspecified atom stereocenters. The summed E-state index contributed by atoms with van der Waals surface area (Å²) in [6, 6.07) is 11.0. The predicted molar refractivity (Wildman–Crippen MR) is 126 cm³/mol. The van der Waals surface area contributed by atoms with Crippen LogP contribution in [0.25, 0.3) is 0 Å². The fourth-order valence-corrected chi connectivity index (χ4v) is 3.85. The van der Waals surface area contributed by atoms with Gasteiger partial charge in [-0.1, -0.05) is 23.2 Å². The molecule has 0 aliphatic carbocycles. The van der Waals surface area contributed by atoms with Crippen molar-refractivity contribution in [2.45, 2.75) is 19.3 Å². The van der Waals surface area contributed by atoms with Gasteiger partial charge in [-0.15, -0.1) is 0 Å². The third kappa shape index (κ3) is 4.89. The normalized spacial score (nSPS) is 14.8. The second kappa shape index (κ2) is 9.05. The lowest BCUT2D eigenvalue weighted by Crippen LogP contribution is -2.36. The summed E-state index contributed by atoms with van der Waals surface area (Å²) < 4.78 is 0. The van der Waals surface area contributed by atoms with E-state index in [2.05, 4.69) is 25.9 Å². The quantitative estimate of drug-likeness (QED) is 0.402. The number of aromatic nitrogens is 2. The van der Waals surface area contributed by atoms with Gasteiger partial charge in [0.1, 0.15) is 5.82 Å². The number of ketones is 1. The van der Waals surface area contributed by atoms with Crippen molar-refractivity contribution >= 4 is 63.9 Å². The number of hydrogen-bond acceptors (Lipinski definition) is 6. The van der Waals surface area contributed by atoms with Crippen LogP contribution in [0.1, 0.15) is 35.2 Å². The van der Waals surface area contributed by atoms with E-state index in [-0.39, 0.29) is 29.5 Å². The first-order valence-corrected chi connectivity index (χ1v) is 10.5. The summed E-state index contributed by atoms with van der Waals surface area (Å²) in [6.07, 6.45) is -0.217. The maximum absolute atomic E-state index is 12.9. The number of halogens is 2. The molecule has 1 aliphatic rings. The fraction of sp³-hybridized carbons (Fsp3) is 0.136. The highest BCUT2D eigenvalue weighted by atomic mass is 35.5. The number of Topliss-reactive ketones (excluding diaryl/α,β-unsaturated/α-hetero) is 1. The molecule has 33 heavy (non-hydrogen) atoms. The van der Waals surface area contributed by atoms with Crippen molar-refractivity contribution in [1.29, 1.82) is 0 Å². The predicted octanol–water partition coefficient (Wildman–Crippen LogP) is 4.09. The van der Waals surface area contributed by atoms with Crippen LogP contribution >= 0.6 is 23.2 Å². The van der Waals surface area contributed by atoms with Crippen LogP contribution in [0.15, 0.2) is 47.3 Å². The van der Waals surface area contributed by atoms with Gasteiger partial charge < -0.3 is 16.0 Å². The Kier molecular flexibility index (Phi) is 6.17. The highest BCUT2D eigenvalue weighted by molar-refractivity contribution is 6.36. The van der Waals surface area contributed by atoms with E-state index in [1.54, 1.807) is 36.4 Å². The lowest BCUT2D eigenvalue weighted by atomic mass is 9.92. The molecule has 0 saturated heterocycles. The van der Waals surface area contributed by atoms with Crippen LogP contribution in [-0.2, 0) is 9.59 Å². The van der Waals surface area contributed by atoms with Crippen molar-refractivity contribution in [3.05, 3.63) is 74.0 Å². The molecule has 9 nitrogen and oxygen atoms in total. The van der Waals surface area contributed by atoms with Gasteiger partial charge in [0.25, 0.3) is 5.56 Å². The number of nitrogens with one attached hydrogen (secondary N) is 4. The molecule has 1 aromatic heterocycles. The van der Waals surface area contributed by atoms with Crippen LogP contribution < -0.4 is 21.5 Å². The number of H-pyrrole nitrogens is 1. The fourth-order valence-electron chi connectivity index (χ4n) is 3.39. The average Bonchev–Trinajstić information content (AvgIpc) is 2.75. The van der Waals surface area contributed by atoms with E-state index >= 15 is 0 Å². The van der Waals surface area contributed by atoms with E-state index in [1.807, 2.05) is 0 Å². The Labute approximate surface area is 197 Å². The van der Waals surface area contributed by atoms with E-state index in [1.165, 1.54) is 13.0 Å². The zero-order valence-corrected chi connectivity index (χ0v) is 18.7. The maximum Gasteiger partial charge on any atom is 0.258 e. The summed E-state index contributed by atoms with van der Waals surface area (Å²) in [7, 11) is 0. The van der Waals surface area contributed by atoms with Gasteiger partial charge in [-0.05, 0) is 49.4 Å². The summed E-state index contributed by atoms with van der Waals surface area (Å²) in [6.45, 7) is 1.44. The third-order valence-electron chi connectivity index (χ3n) is 5.01. The molecule has 1 atom stereocenters. The van der Waals surface area contributed by atoms with Crippen LogP contribution in [0.3, 0.4) is 0 Å². The van der Waals surface area contributed by atoms with E-state index in [4.69, 9.17) is 23.2 Å². The largest absolute Gasteiger partial charge is 0.326 e. The molecule has 0 bridgehead atoms. The van der Waals surface area contributed by atoms with Gasteiger partial charge in [0.2, 0.25) is 17.8 Å². The van der Waals surface area contributed by atoms with Gasteiger partial charge in [-0.25, -0.2) is 0 Å². The van der Waals surface area contributed by atoms with Crippen LogP contribution in [0.2, 0.25) is 10.0 Å². The first-order chi connectivity index (χ1) is 15.7. The topological polar surface area (TPSA) is 133 Å². The molecule has 3 aromatic rings. The molecule has 0 radical (unpaired) electrons. The van der Waals surface area contributed by atoms with Gasteiger partial charge >= 0.3 is 0 Å². The third-order valence-corrected chi connectivity index (χ3v) is 5.56. The minimum atomic E-state index is -1.05. The minimum Gasteiger partial charge on any atom is -0.326 e. The smallest absolute Gasteiger partial charge is 0.258 e. The number of hydrogen-bond donors (Lipinski definition) is 4. The molecule has 4 N–H and O–H groups in total. The van der Waals surface area contributed by atoms with Crippen LogP contribution in [-0.4, -0.2) is 27.6 Å². The van der Waals surface area contributed by atoms with E-state index in [9.17, 15) is 19.2 Å². The molecule has 0 spiro atoms. The van der Waals surface area contributed by atoms with Gasteiger partial charge in [0, 0.05) is 22.7 Å². The van der Waals surface area contributed by atoms with Crippen molar-refractivity contribution in [3.63, 3.8) is 0 Å². The Balaban J connectivity index is 1.61. The number of anilines is 4. The number of amides is 2. The first-order valence-electron chi connectivity index (χ1n) is 9.79. The van der Waals surface area contributed by atoms with Gasteiger partial charge in [0.05, 0.1) is 22.2 Å². The first kappa shape index (κ1) is 22.5. The number of carbonyl (C=O) groups is 3. The lowest BCUT2D eigenvalue weighted by molar-refractivity contribution is -0.123. The molecule has 168 valence electrons. The average molecular weight is 486 g/mol. The van der Waals surface area contributed by atoms with Crippen molar-refractivity contribution in [1.82, 2.24) is 9.97 Å². The van der Waals surface area contributed by atoms with Crippen LogP contribution in [0, 0.1) is 0 Å². The number of aromatic amines is 1. The van der Waals surface area contributed by atoms with Crippen molar-refractivity contribution in [3.8, 4) is 0 Å². The van der Waals surface area contributed by atoms with E-state index in [0.29, 0.717) is 27.0 Å². The summed E-state index contributed by atoms with van der Waals surface area (Å²) in [5, 5.41) is 8.83. The monoisotopic (exact) mass is 485 g/mol. The summed E-state index contributed by atoms with van der Waals surface area (Å²) in [5.74, 6) is -2.14. The van der Waals surface area contributed by atoms with Crippen molar-refractivity contribution < 1.29 is 14.4 Å². The van der Waals surface area contributed by atoms with Gasteiger partial charge in [-0.2, -0.15) is 4.98 Å². The molecule has 4 rings (SSSR count). The number of nitrogens with zero attached hydrogens (tertiary/aromatic N) is 1. The standard InChI is InChI=1S/C22H17Cl2N5O4/c1-10(30)11-2-5-13(6-3-11)25-20(32)14-9-17(31)27-19-18(14)21(33)29-22(28-19)26-16-7-4-12(23)8-15(16)24/h2-8,14H,9H2,1H3,(H,25,32)(H3,26,27,28,29,31,33). The van der Waals surface area contributed by atoms with Gasteiger partial charge in [0.15, 0.2) is 5.78 Å². The zero-order chi connectivity index (χ0) is 23.7. The Hall–Kier alpha value is -3.69. The molecular formula is C22H17Cl2N5O4. The second-order valence-electron chi connectivity index (χ2n) is 7.35. The molecule has 1 aliphatic heterocycles. The molecule has 2 heterocycles. The summed E-state index contributed by atoms with van der Waals surface area (Å²) in [5.41, 5.74) is 0.823. The Morgan fingerprint density at radius 2 is 1.82 bits per heavy atom. The maximum atomic E-state index is 12.9. The highest BCUT2D eigenvalue weighted by Crippen LogP contribution is 2.31. The highest BCUT2D eigenvalue weighted by Gasteiger charge is 2.34. The molecular weight excluding hydrogens is 469 g/mol. The van der Waals surface area contributed by atoms with E-state index in [0.717, 1.165) is 0 Å². The molecule has 11 heteroatoms. The number of carbonyl (C=O) groups excluding carboxylic acids is 3. The Morgan fingerprint density at radius 3 is 2.48 bits per heavy atom. The Bertz CT molecular complexity index is 1340. The number of fused-ring (bicyclic) bond motifs is 1. The van der Waals surface area contributed by atoms with Crippen LogP contribution in [0.4, 0.5) is 23.1 Å². The van der Waals surface area contributed by atoms with Crippen LogP contribution in [0.5, 0.6) is 0 Å². The van der Waals surface area contributed by atoms with Gasteiger partial charge in [-0.3, -0.25) is 24.2 Å². The molecule has 0 saturated carbocycles. The number of benzene rings is 2. The molecule has 0 fully saturated rings. The zero-order valence-electron chi connectivity index (χ0n) is 17.2. The summed E-state index contributed by atoms with van der Waals surface area (Å²) >= 11 is 12.0. The summed E-state index contributed by atoms with van der Waals surface area (Å²) in [4.78, 5) is 56.2. The van der Waals surface area contributed by atoms with Crippen molar-refractivity contribution in [2.24, 2.45) is 0 Å². The number of rotatable bonds is 5. The molecule has 2 amide bonds. The van der Waals surface area contributed by atoms with E-state index < -0.39 is 23.3 Å². The minimum absolute atomic E-state index is 0.0188. The molecule has 2 aromatic carbocycles. The SMILES string of the molecule is CC(=O)c1ccc(NC(=O)C2CC(=O)Nc3nc(Nc4ccc(Cl)cc4Cl)[nH]c(=O)c32)cc1. The second-order valence-corrected chi connectivity index (χ2v) is 8.20. The lowest BCUT2D eigenvalue weighted by Gasteiger charge is -2.23. The Morgan fingerprint density at radius 1 is 1.09 bits per heavy atom. The van der Waals surface area contributed by atoms with Crippen molar-refractivity contribution in [2.75, 3.05) is 16.0 Å².